The Kier molecular flexibility index (Phi) is 9.44. The lowest BCUT2D eigenvalue weighted by molar-refractivity contribution is -0.0106. The zero-order valence-corrected chi connectivity index (χ0v) is 23.9. The zero-order chi connectivity index (χ0) is 27.2. The van der Waals surface area contributed by atoms with Crippen molar-refractivity contribution in [3.8, 4) is 17.5 Å². The third kappa shape index (κ3) is 6.38. The Bertz CT molecular complexity index is 1060. The Morgan fingerprint density at radius 1 is 1.08 bits per heavy atom. The molecule has 0 N–H and O–H groups in total. The first-order valence-electron chi connectivity index (χ1n) is 14.4. The van der Waals surface area contributed by atoms with Gasteiger partial charge in [-0.05, 0) is 63.5 Å². The van der Waals surface area contributed by atoms with E-state index in [-0.39, 0.29) is 30.4 Å². The predicted octanol–water partition coefficient (Wildman–Crippen LogP) is 7.03. The lowest BCUT2D eigenvalue weighted by Crippen LogP contribution is -2.50. The van der Waals surface area contributed by atoms with Crippen LogP contribution in [0, 0.1) is 25.7 Å². The van der Waals surface area contributed by atoms with Crippen LogP contribution in [0.2, 0.25) is 0 Å². The maximum Gasteiger partial charge on any atom is 0.410 e. The van der Waals surface area contributed by atoms with Crippen LogP contribution in [0.4, 0.5) is 4.79 Å². The molecule has 2 saturated heterocycles. The van der Waals surface area contributed by atoms with Crippen LogP contribution >= 0.6 is 0 Å². The Hall–Kier alpha value is -2.90. The molecule has 208 valence electrons. The molecular weight excluding hydrogens is 480 g/mol. The van der Waals surface area contributed by atoms with E-state index in [4.69, 9.17) is 14.2 Å². The Morgan fingerprint density at radius 3 is 2.42 bits per heavy atom. The number of nitrogens with zero attached hydrogens (tertiary/aromatic N) is 4. The molecule has 4 heterocycles. The summed E-state index contributed by atoms with van der Waals surface area (Å²) >= 11 is 0. The van der Waals surface area contributed by atoms with E-state index >= 15 is 0 Å². The second kappa shape index (κ2) is 12.8. The number of rotatable bonds is 11. The Balaban J connectivity index is 1.39. The van der Waals surface area contributed by atoms with Crippen LogP contribution in [0.3, 0.4) is 0 Å². The molecule has 0 radical (unpaired) electrons. The molecule has 2 aromatic rings. The van der Waals surface area contributed by atoms with E-state index in [1.54, 1.807) is 6.20 Å². The Morgan fingerprint density at radius 2 is 1.79 bits per heavy atom. The van der Waals surface area contributed by atoms with E-state index in [9.17, 15) is 4.79 Å². The molecule has 38 heavy (non-hydrogen) atoms. The van der Waals surface area contributed by atoms with Gasteiger partial charge < -0.3 is 19.1 Å². The van der Waals surface area contributed by atoms with Gasteiger partial charge in [0.1, 0.15) is 18.5 Å². The third-order valence-electron chi connectivity index (χ3n) is 8.22. The molecule has 2 fully saturated rings. The number of hydrogen-bond acceptors (Lipinski definition) is 7. The molecule has 2 aromatic heterocycles. The van der Waals surface area contributed by atoms with E-state index in [1.165, 1.54) is 12.7 Å². The van der Waals surface area contributed by atoms with Crippen molar-refractivity contribution in [2.45, 2.75) is 117 Å². The lowest BCUT2D eigenvalue weighted by atomic mass is 9.84. The lowest BCUT2D eigenvalue weighted by Gasteiger charge is -2.39. The summed E-state index contributed by atoms with van der Waals surface area (Å²) in [5, 5.41) is 0. The van der Waals surface area contributed by atoms with Crippen LogP contribution in [0.15, 0.2) is 24.7 Å². The molecule has 8 heteroatoms. The van der Waals surface area contributed by atoms with Gasteiger partial charge in [0.05, 0.1) is 11.3 Å². The smallest absolute Gasteiger partial charge is 0.410 e. The summed E-state index contributed by atoms with van der Waals surface area (Å²) in [7, 11) is 0. The van der Waals surface area contributed by atoms with E-state index in [0.717, 1.165) is 56.2 Å². The minimum Gasteiger partial charge on any atom is -0.474 e. The maximum absolute atomic E-state index is 13.4. The summed E-state index contributed by atoms with van der Waals surface area (Å²) in [6.45, 7) is 12.6. The second-order valence-electron chi connectivity index (χ2n) is 11.2. The summed E-state index contributed by atoms with van der Waals surface area (Å²) in [5.74, 6) is 2.53. The van der Waals surface area contributed by atoms with Gasteiger partial charge in [-0.1, -0.05) is 40.5 Å². The average Bonchev–Trinajstić information content (AvgIpc) is 3.17. The van der Waals surface area contributed by atoms with Gasteiger partial charge >= 0.3 is 6.09 Å². The molecule has 4 atom stereocenters. The van der Waals surface area contributed by atoms with Crippen LogP contribution in [0.5, 0.6) is 17.5 Å². The third-order valence-corrected chi connectivity index (χ3v) is 8.22. The van der Waals surface area contributed by atoms with Gasteiger partial charge in [0, 0.05) is 31.1 Å². The molecule has 1 amide bonds. The highest BCUT2D eigenvalue weighted by Crippen LogP contribution is 2.39. The fraction of sp³-hybridized carbons (Fsp3) is 0.667. The van der Waals surface area contributed by atoms with Crippen molar-refractivity contribution < 1.29 is 19.0 Å². The second-order valence-corrected chi connectivity index (χ2v) is 11.2. The van der Waals surface area contributed by atoms with Gasteiger partial charge in [-0.25, -0.2) is 14.8 Å². The van der Waals surface area contributed by atoms with Crippen molar-refractivity contribution in [2.24, 2.45) is 11.8 Å². The van der Waals surface area contributed by atoms with E-state index in [2.05, 4.69) is 42.6 Å². The van der Waals surface area contributed by atoms with Crippen molar-refractivity contribution >= 4 is 6.09 Å². The summed E-state index contributed by atoms with van der Waals surface area (Å²) < 4.78 is 18.6. The number of ether oxygens (including phenoxy) is 3. The van der Waals surface area contributed by atoms with Crippen LogP contribution in [-0.2, 0) is 4.74 Å². The first-order chi connectivity index (χ1) is 18.3. The topological polar surface area (TPSA) is 86.7 Å². The number of amides is 1. The molecular formula is C30H44N4O4. The maximum atomic E-state index is 13.4. The number of unbranched alkanes of at least 4 members (excludes halogenated alkanes) is 1. The van der Waals surface area contributed by atoms with E-state index in [1.807, 2.05) is 30.9 Å². The van der Waals surface area contributed by atoms with E-state index in [0.29, 0.717) is 29.3 Å². The van der Waals surface area contributed by atoms with Gasteiger partial charge in [0.15, 0.2) is 5.75 Å². The van der Waals surface area contributed by atoms with Gasteiger partial charge in [-0.2, -0.15) is 0 Å². The quantitative estimate of drug-likeness (QED) is 0.312. The molecule has 2 aliphatic rings. The zero-order valence-electron chi connectivity index (χ0n) is 23.9. The van der Waals surface area contributed by atoms with Crippen molar-refractivity contribution in [1.82, 2.24) is 19.9 Å². The molecule has 0 aliphatic carbocycles. The van der Waals surface area contributed by atoms with Crippen molar-refractivity contribution in [2.75, 3.05) is 0 Å². The summed E-state index contributed by atoms with van der Waals surface area (Å²) in [6, 6.07) is 3.97. The monoisotopic (exact) mass is 524 g/mol. The van der Waals surface area contributed by atoms with Crippen molar-refractivity contribution in [3.05, 3.63) is 35.9 Å². The molecule has 8 nitrogen and oxygen atoms in total. The molecule has 0 saturated carbocycles. The fourth-order valence-electron chi connectivity index (χ4n) is 6.05. The number of carbonyl (C=O) groups excluding carboxylic acids is 1. The standard InChI is InChI=1S/C30H44N4O4/c1-7-9-11-25(19(3)4)26(8-2)38-30(35)34-22-13-14-23(34)17-24(16-22)36-28-20(5)29(33-18-32-28)37-27-12-10-15-31-21(27)6/h10,12,15,18-19,22-26H,7-9,11,13-14,16-17H2,1-6H3/t22?,23?,24?,25-,26+/m0/s1. The molecule has 0 spiro atoms. The first kappa shape index (κ1) is 28.1. The van der Waals surface area contributed by atoms with Gasteiger partial charge in [0.2, 0.25) is 11.8 Å². The number of carbonyl (C=O) groups is 1. The summed E-state index contributed by atoms with van der Waals surface area (Å²) in [6.07, 6.45) is 10.8. The number of pyridine rings is 1. The number of aryl methyl sites for hydroxylation is 1. The minimum absolute atomic E-state index is 0.0203. The van der Waals surface area contributed by atoms with Gasteiger partial charge in [-0.3, -0.25) is 4.98 Å². The van der Waals surface area contributed by atoms with Crippen LogP contribution in [0.1, 0.15) is 90.3 Å². The Labute approximate surface area is 227 Å². The highest BCUT2D eigenvalue weighted by Gasteiger charge is 2.46. The number of piperidine rings is 1. The summed E-state index contributed by atoms with van der Waals surface area (Å²) in [4.78, 5) is 28.4. The molecule has 2 bridgehead atoms. The number of hydrogen-bond donors (Lipinski definition) is 0. The minimum atomic E-state index is -0.148. The summed E-state index contributed by atoms with van der Waals surface area (Å²) in [5.41, 5.74) is 1.54. The normalized spacial score (nSPS) is 22.3. The predicted molar refractivity (Wildman–Crippen MR) is 147 cm³/mol. The van der Waals surface area contributed by atoms with E-state index < -0.39 is 0 Å². The van der Waals surface area contributed by atoms with Crippen molar-refractivity contribution in [1.29, 1.82) is 0 Å². The fourth-order valence-corrected chi connectivity index (χ4v) is 6.05. The average molecular weight is 525 g/mol. The van der Waals surface area contributed by atoms with Crippen molar-refractivity contribution in [3.63, 3.8) is 0 Å². The SMILES string of the molecule is CCCC[C@@H](C(C)C)[C@@H](CC)OC(=O)N1C2CCC1CC(Oc1ncnc(Oc3cccnc3C)c1C)C2. The van der Waals surface area contributed by atoms with Crippen LogP contribution in [-0.4, -0.2) is 50.2 Å². The molecule has 0 aromatic carbocycles. The highest BCUT2D eigenvalue weighted by atomic mass is 16.6. The number of aromatic nitrogens is 3. The highest BCUT2D eigenvalue weighted by molar-refractivity contribution is 5.69. The van der Waals surface area contributed by atoms with Gasteiger partial charge in [0.25, 0.3) is 0 Å². The first-order valence-corrected chi connectivity index (χ1v) is 14.4. The molecule has 4 rings (SSSR count). The molecule has 2 unspecified atom stereocenters. The van der Waals surface area contributed by atoms with Crippen LogP contribution in [0.25, 0.3) is 0 Å². The van der Waals surface area contributed by atoms with Crippen LogP contribution < -0.4 is 9.47 Å². The van der Waals surface area contributed by atoms with Gasteiger partial charge in [-0.15, -0.1) is 0 Å². The molecule has 2 aliphatic heterocycles. The number of fused-ring (bicyclic) bond motifs is 2. The largest absolute Gasteiger partial charge is 0.474 e.